The number of thiazole rings is 1. The third kappa shape index (κ3) is 6.14. The number of benzene rings is 1. The van der Waals surface area contributed by atoms with Crippen molar-refractivity contribution in [3.63, 3.8) is 0 Å². The molecule has 168 valence electrons. The smallest absolute Gasteiger partial charge is 0.477 e. The second-order valence-corrected chi connectivity index (χ2v) is 7.31. The monoisotopic (exact) mass is 468 g/mol. The Kier molecular flexibility index (Phi) is 6.88. The third-order valence-electron chi connectivity index (χ3n) is 4.27. The van der Waals surface area contributed by atoms with Gasteiger partial charge in [0, 0.05) is 29.9 Å². The molecule has 0 amide bonds. The number of hydrazone groups is 1. The molecule has 0 unspecified atom stereocenters. The molecular formula is C19H15F3N4O5S. The number of nitro groups is 1. The number of alkyl halides is 3. The molecule has 3 rings (SSSR count). The molecule has 0 spiro atoms. The maximum absolute atomic E-state index is 12.3. The fraction of sp³-hybridized carbons (Fsp3) is 0.211. The van der Waals surface area contributed by atoms with Crippen LogP contribution in [0.1, 0.15) is 24.1 Å². The average Bonchev–Trinajstić information content (AvgIpc) is 3.19. The van der Waals surface area contributed by atoms with Gasteiger partial charge in [-0.2, -0.15) is 5.10 Å². The fourth-order valence-electron chi connectivity index (χ4n) is 2.83. The van der Waals surface area contributed by atoms with E-state index in [0.717, 1.165) is 11.3 Å². The van der Waals surface area contributed by atoms with Crippen molar-refractivity contribution in [1.82, 2.24) is 4.98 Å². The number of nitrogens with zero attached hydrogens (tertiary/aromatic N) is 3. The van der Waals surface area contributed by atoms with Crippen LogP contribution in [0, 0.1) is 10.1 Å². The molecular weight excluding hydrogens is 453 g/mol. The summed E-state index contributed by atoms with van der Waals surface area (Å²) >= 11 is 1.12. The molecule has 0 radical (unpaired) electrons. The van der Waals surface area contributed by atoms with Crippen LogP contribution < -0.4 is 5.43 Å². The fourth-order valence-corrected chi connectivity index (χ4v) is 3.51. The summed E-state index contributed by atoms with van der Waals surface area (Å²) in [7, 11) is 0. The summed E-state index contributed by atoms with van der Waals surface area (Å²) in [6, 6.07) is 5.74. The first-order valence-corrected chi connectivity index (χ1v) is 9.90. The van der Waals surface area contributed by atoms with Crippen LogP contribution >= 0.6 is 11.3 Å². The lowest BCUT2D eigenvalue weighted by Crippen LogP contribution is -2.18. The first-order chi connectivity index (χ1) is 15.1. The lowest BCUT2D eigenvalue weighted by molar-refractivity contribution is -0.385. The Morgan fingerprint density at radius 2 is 2.06 bits per heavy atom. The summed E-state index contributed by atoms with van der Waals surface area (Å²) in [5.74, 6) is -1.55. The molecule has 2 aromatic rings. The predicted octanol–water partition coefficient (Wildman–Crippen LogP) is 4.74. The van der Waals surface area contributed by atoms with Gasteiger partial charge in [0.2, 0.25) is 5.13 Å². The molecule has 0 saturated carbocycles. The van der Waals surface area contributed by atoms with E-state index in [4.69, 9.17) is 0 Å². The van der Waals surface area contributed by atoms with Crippen LogP contribution in [0.25, 0.3) is 5.57 Å². The highest BCUT2D eigenvalue weighted by Crippen LogP contribution is 2.32. The number of carbonyl (C=O) groups is 1. The van der Waals surface area contributed by atoms with E-state index in [9.17, 15) is 33.2 Å². The number of hydrogen-bond donors (Lipinski definition) is 2. The number of aliphatic carboxylic acids is 1. The van der Waals surface area contributed by atoms with Crippen molar-refractivity contribution in [3.05, 3.63) is 68.9 Å². The van der Waals surface area contributed by atoms with Gasteiger partial charge in [-0.1, -0.05) is 24.3 Å². The molecule has 1 aliphatic rings. The van der Waals surface area contributed by atoms with Gasteiger partial charge in [-0.15, -0.1) is 24.5 Å². The summed E-state index contributed by atoms with van der Waals surface area (Å²) in [5.41, 5.74) is 3.33. The molecule has 13 heteroatoms. The van der Waals surface area contributed by atoms with Gasteiger partial charge in [0.15, 0.2) is 0 Å². The van der Waals surface area contributed by atoms with E-state index in [-0.39, 0.29) is 47.1 Å². The number of para-hydroxylation sites is 1. The molecule has 0 aliphatic heterocycles. The zero-order chi connectivity index (χ0) is 23.3. The Morgan fingerprint density at radius 1 is 1.31 bits per heavy atom. The Labute approximate surface area is 182 Å². The van der Waals surface area contributed by atoms with Crippen LogP contribution in [0.4, 0.5) is 24.0 Å². The zero-order valence-corrected chi connectivity index (χ0v) is 16.9. The number of aromatic nitrogens is 1. The van der Waals surface area contributed by atoms with Crippen LogP contribution in [-0.4, -0.2) is 33.1 Å². The first kappa shape index (κ1) is 22.9. The molecule has 32 heavy (non-hydrogen) atoms. The minimum Gasteiger partial charge on any atom is -0.477 e. The standard InChI is InChI=1S/C19H15F3N4O5S/c20-19(21,22)31-13-7-5-11(6-8-13)15-10-32-18(23-15)25-24-14(17(27)28)9-12-3-1-2-4-16(12)26(29)30/h1-5,7,10H,6,8-9H2,(H,23,25)(H,27,28)/b24-14+. The van der Waals surface area contributed by atoms with Crippen LogP contribution in [0.15, 0.2) is 52.7 Å². The van der Waals surface area contributed by atoms with Crippen LogP contribution in [0.3, 0.4) is 0 Å². The number of carboxylic acids is 1. The van der Waals surface area contributed by atoms with E-state index in [0.29, 0.717) is 11.3 Å². The Bertz CT molecular complexity index is 1120. The number of allylic oxidation sites excluding steroid dienone is 4. The number of anilines is 1. The van der Waals surface area contributed by atoms with Crippen molar-refractivity contribution in [3.8, 4) is 0 Å². The van der Waals surface area contributed by atoms with Crippen molar-refractivity contribution in [1.29, 1.82) is 0 Å². The second kappa shape index (κ2) is 9.60. The number of carboxylic acid groups (broad SMARTS) is 1. The highest BCUT2D eigenvalue weighted by molar-refractivity contribution is 7.13. The van der Waals surface area contributed by atoms with E-state index in [2.05, 4.69) is 20.2 Å². The molecule has 0 atom stereocenters. The van der Waals surface area contributed by atoms with Crippen molar-refractivity contribution in [2.45, 2.75) is 25.6 Å². The molecule has 9 nitrogen and oxygen atoms in total. The molecule has 0 bridgehead atoms. The van der Waals surface area contributed by atoms with Gasteiger partial charge in [-0.05, 0) is 18.1 Å². The van der Waals surface area contributed by atoms with Crippen molar-refractivity contribution >= 4 is 39.4 Å². The lowest BCUT2D eigenvalue weighted by atomic mass is 10.0. The molecule has 2 N–H and O–H groups in total. The topological polar surface area (TPSA) is 127 Å². The van der Waals surface area contributed by atoms with Gasteiger partial charge in [-0.3, -0.25) is 15.5 Å². The summed E-state index contributed by atoms with van der Waals surface area (Å²) in [5, 5.41) is 26.2. The Hall–Kier alpha value is -3.74. The van der Waals surface area contributed by atoms with E-state index in [1.165, 1.54) is 30.4 Å². The molecule has 0 saturated heterocycles. The SMILES string of the molecule is O=C(O)/C(Cc1ccccc1[N+](=O)[O-])=N/Nc1nc(C2=CC=C(OC(F)(F)F)CC2)cs1. The normalized spacial score (nSPS) is 14.4. The number of hydrogen-bond acceptors (Lipinski definition) is 8. The second-order valence-electron chi connectivity index (χ2n) is 6.45. The van der Waals surface area contributed by atoms with E-state index in [1.54, 1.807) is 11.4 Å². The molecule has 1 aromatic carbocycles. The van der Waals surface area contributed by atoms with Gasteiger partial charge in [0.1, 0.15) is 11.5 Å². The summed E-state index contributed by atoms with van der Waals surface area (Å²) in [6.07, 6.45) is -1.98. The van der Waals surface area contributed by atoms with Crippen molar-refractivity contribution < 1.29 is 32.7 Å². The summed E-state index contributed by atoms with van der Waals surface area (Å²) in [6.45, 7) is 0. The predicted molar refractivity (Wildman–Crippen MR) is 110 cm³/mol. The van der Waals surface area contributed by atoms with Gasteiger partial charge >= 0.3 is 12.3 Å². The maximum atomic E-state index is 12.3. The lowest BCUT2D eigenvalue weighted by Gasteiger charge is -2.16. The van der Waals surface area contributed by atoms with E-state index >= 15 is 0 Å². The van der Waals surface area contributed by atoms with Crippen LogP contribution in [-0.2, 0) is 16.0 Å². The Balaban J connectivity index is 1.71. The molecule has 0 fully saturated rings. The average molecular weight is 468 g/mol. The van der Waals surface area contributed by atoms with Crippen molar-refractivity contribution in [2.75, 3.05) is 5.43 Å². The van der Waals surface area contributed by atoms with Crippen molar-refractivity contribution in [2.24, 2.45) is 5.10 Å². The number of halogens is 3. The summed E-state index contributed by atoms with van der Waals surface area (Å²) in [4.78, 5) is 26.3. The molecule has 1 aliphatic carbocycles. The number of rotatable bonds is 8. The largest absolute Gasteiger partial charge is 0.572 e. The third-order valence-corrected chi connectivity index (χ3v) is 5.02. The van der Waals surface area contributed by atoms with E-state index in [1.807, 2.05) is 0 Å². The minimum atomic E-state index is -4.74. The quantitative estimate of drug-likeness (QED) is 0.325. The number of nitro benzene ring substituents is 1. The molecule has 1 aromatic heterocycles. The summed E-state index contributed by atoms with van der Waals surface area (Å²) < 4.78 is 40.7. The van der Waals surface area contributed by atoms with E-state index < -0.39 is 17.3 Å². The van der Waals surface area contributed by atoms with Gasteiger partial charge in [0.05, 0.1) is 10.6 Å². The van der Waals surface area contributed by atoms with Gasteiger partial charge in [-0.25, -0.2) is 9.78 Å². The van der Waals surface area contributed by atoms with Gasteiger partial charge < -0.3 is 9.84 Å². The number of ether oxygens (including phenoxy) is 1. The zero-order valence-electron chi connectivity index (χ0n) is 16.1. The highest BCUT2D eigenvalue weighted by Gasteiger charge is 2.32. The van der Waals surface area contributed by atoms with Gasteiger partial charge in [0.25, 0.3) is 5.69 Å². The Morgan fingerprint density at radius 3 is 2.69 bits per heavy atom. The van der Waals surface area contributed by atoms with Crippen LogP contribution in [0.5, 0.6) is 0 Å². The molecule has 1 heterocycles. The highest BCUT2D eigenvalue weighted by atomic mass is 32.1. The number of nitrogens with one attached hydrogen (secondary N) is 1. The van der Waals surface area contributed by atoms with Crippen LogP contribution in [0.2, 0.25) is 0 Å². The first-order valence-electron chi connectivity index (χ1n) is 9.02. The minimum absolute atomic E-state index is 0.0583. The maximum Gasteiger partial charge on any atom is 0.572 e.